The molecule has 2 aromatic rings. The van der Waals surface area contributed by atoms with Gasteiger partial charge in [0.2, 0.25) is 0 Å². The van der Waals surface area contributed by atoms with Crippen LogP contribution in [-0.2, 0) is 18.7 Å². The summed E-state index contributed by atoms with van der Waals surface area (Å²) in [5.74, 6) is 0.978. The average Bonchev–Trinajstić information content (AvgIpc) is 3.24. The van der Waals surface area contributed by atoms with Gasteiger partial charge in [-0.1, -0.05) is 25.1 Å². The van der Waals surface area contributed by atoms with Crippen molar-refractivity contribution in [2.24, 2.45) is 0 Å². The minimum atomic E-state index is 0.765. The van der Waals surface area contributed by atoms with Crippen molar-refractivity contribution < 1.29 is 0 Å². The highest BCUT2D eigenvalue weighted by atomic mass is 32.2. The van der Waals surface area contributed by atoms with Gasteiger partial charge in [-0.05, 0) is 37.8 Å². The average molecular weight is 319 g/mol. The van der Waals surface area contributed by atoms with E-state index in [4.69, 9.17) is 4.98 Å². The Balaban J connectivity index is 1.63. The number of nitrogens with zero attached hydrogens (tertiary/aromatic N) is 1. The lowest BCUT2D eigenvalue weighted by molar-refractivity contribution is 0.689. The molecule has 1 aliphatic rings. The molecule has 2 nitrogen and oxygen atoms in total. The van der Waals surface area contributed by atoms with Gasteiger partial charge >= 0.3 is 0 Å². The van der Waals surface area contributed by atoms with Gasteiger partial charge in [-0.3, -0.25) is 0 Å². The molecule has 0 saturated heterocycles. The highest BCUT2D eigenvalue weighted by Crippen LogP contribution is 2.29. The first-order valence-electron chi connectivity index (χ1n) is 7.65. The van der Waals surface area contributed by atoms with Crippen molar-refractivity contribution >= 4 is 23.1 Å². The summed E-state index contributed by atoms with van der Waals surface area (Å²) in [6.07, 6.45) is 3.72. The Morgan fingerprint density at radius 3 is 2.86 bits per heavy atom. The zero-order valence-electron chi connectivity index (χ0n) is 12.7. The monoisotopic (exact) mass is 318 g/mol. The van der Waals surface area contributed by atoms with E-state index < -0.39 is 0 Å². The van der Waals surface area contributed by atoms with Gasteiger partial charge in [0, 0.05) is 22.4 Å². The third-order valence-corrected chi connectivity index (χ3v) is 6.20. The minimum Gasteiger partial charge on any atom is -0.309 e. The van der Waals surface area contributed by atoms with Gasteiger partial charge in [0.15, 0.2) is 0 Å². The standard InChI is InChI=1S/C17H22N2S2/c1-3-14-16(10-18-13-8-9-13)21-17(19-14)11-20-15-7-5-4-6-12(15)2/h4-7,13,18H,3,8-11H2,1-2H3. The second-order valence-electron chi connectivity index (χ2n) is 5.54. The van der Waals surface area contributed by atoms with Crippen LogP contribution in [0.15, 0.2) is 29.2 Å². The minimum absolute atomic E-state index is 0.765. The Bertz CT molecular complexity index is 603. The summed E-state index contributed by atoms with van der Waals surface area (Å²) < 4.78 is 0. The second-order valence-corrected chi connectivity index (χ2v) is 7.73. The van der Waals surface area contributed by atoms with Gasteiger partial charge < -0.3 is 5.32 Å². The number of aromatic nitrogens is 1. The van der Waals surface area contributed by atoms with Gasteiger partial charge in [0.25, 0.3) is 0 Å². The van der Waals surface area contributed by atoms with E-state index in [1.54, 1.807) is 0 Å². The summed E-state index contributed by atoms with van der Waals surface area (Å²) in [4.78, 5) is 7.63. The van der Waals surface area contributed by atoms with Crippen LogP contribution in [0.4, 0.5) is 0 Å². The molecule has 1 N–H and O–H groups in total. The molecule has 1 saturated carbocycles. The van der Waals surface area contributed by atoms with Gasteiger partial charge in [0.05, 0.1) is 11.4 Å². The fourth-order valence-corrected chi connectivity index (χ4v) is 4.43. The van der Waals surface area contributed by atoms with Crippen LogP contribution < -0.4 is 5.32 Å². The Labute approximate surface area is 135 Å². The molecule has 112 valence electrons. The third-order valence-electron chi connectivity index (χ3n) is 3.73. The lowest BCUT2D eigenvalue weighted by Crippen LogP contribution is -2.15. The fraction of sp³-hybridized carbons (Fsp3) is 0.471. The summed E-state index contributed by atoms with van der Waals surface area (Å²) in [5, 5.41) is 4.86. The molecule has 0 aliphatic heterocycles. The van der Waals surface area contributed by atoms with E-state index in [2.05, 4.69) is 43.4 Å². The highest BCUT2D eigenvalue weighted by Gasteiger charge is 2.21. The number of benzene rings is 1. The van der Waals surface area contributed by atoms with Crippen molar-refractivity contribution in [1.29, 1.82) is 0 Å². The van der Waals surface area contributed by atoms with Crippen LogP contribution in [0.5, 0.6) is 0 Å². The molecule has 4 heteroatoms. The molecule has 0 amide bonds. The van der Waals surface area contributed by atoms with Crippen LogP contribution in [0.2, 0.25) is 0 Å². The van der Waals surface area contributed by atoms with E-state index in [9.17, 15) is 0 Å². The first-order chi connectivity index (χ1) is 10.3. The van der Waals surface area contributed by atoms with Crippen LogP contribution in [0, 0.1) is 6.92 Å². The Morgan fingerprint density at radius 1 is 1.33 bits per heavy atom. The fourth-order valence-electron chi connectivity index (χ4n) is 2.30. The van der Waals surface area contributed by atoms with Crippen LogP contribution in [0.1, 0.15) is 40.9 Å². The van der Waals surface area contributed by atoms with Crippen molar-refractivity contribution in [1.82, 2.24) is 10.3 Å². The van der Waals surface area contributed by atoms with E-state index in [1.165, 1.54) is 38.9 Å². The van der Waals surface area contributed by atoms with Crippen LogP contribution in [0.25, 0.3) is 0 Å². The molecule has 0 unspecified atom stereocenters. The van der Waals surface area contributed by atoms with Gasteiger partial charge in [-0.25, -0.2) is 4.98 Å². The molecular formula is C17H22N2S2. The van der Waals surface area contributed by atoms with Crippen molar-refractivity contribution in [3.63, 3.8) is 0 Å². The van der Waals surface area contributed by atoms with Crippen molar-refractivity contribution in [3.05, 3.63) is 45.4 Å². The molecule has 0 radical (unpaired) electrons. The number of rotatable bonds is 7. The Hall–Kier alpha value is -0.840. The van der Waals surface area contributed by atoms with Crippen LogP contribution in [0.3, 0.4) is 0 Å². The van der Waals surface area contributed by atoms with E-state index in [0.717, 1.165) is 24.8 Å². The molecule has 1 aliphatic carbocycles. The largest absolute Gasteiger partial charge is 0.309 e. The third kappa shape index (κ3) is 4.09. The SMILES string of the molecule is CCc1nc(CSc2ccccc2C)sc1CNC1CC1. The van der Waals surface area contributed by atoms with Crippen LogP contribution >= 0.6 is 23.1 Å². The summed E-state index contributed by atoms with van der Waals surface area (Å²) in [6.45, 7) is 5.38. The lowest BCUT2D eigenvalue weighted by atomic mass is 10.2. The number of aryl methyl sites for hydroxylation is 2. The molecule has 0 bridgehead atoms. The highest BCUT2D eigenvalue weighted by molar-refractivity contribution is 7.98. The number of hydrogen-bond donors (Lipinski definition) is 1. The summed E-state index contributed by atoms with van der Waals surface area (Å²) in [6, 6.07) is 9.34. The Morgan fingerprint density at radius 2 is 2.14 bits per heavy atom. The first-order valence-corrected chi connectivity index (χ1v) is 9.45. The number of thioether (sulfide) groups is 1. The summed E-state index contributed by atoms with van der Waals surface area (Å²) >= 11 is 3.78. The molecular weight excluding hydrogens is 296 g/mol. The normalized spacial score (nSPS) is 14.6. The second kappa shape index (κ2) is 6.95. The molecule has 21 heavy (non-hydrogen) atoms. The molecule has 3 rings (SSSR count). The van der Waals surface area contributed by atoms with Crippen molar-refractivity contribution in [3.8, 4) is 0 Å². The number of thiazole rings is 1. The summed E-state index contributed by atoms with van der Waals surface area (Å²) in [5.41, 5.74) is 2.64. The smallest absolute Gasteiger partial charge is 0.103 e. The zero-order valence-corrected chi connectivity index (χ0v) is 14.3. The van der Waals surface area contributed by atoms with Gasteiger partial charge in [-0.15, -0.1) is 23.1 Å². The molecule has 1 aromatic heterocycles. The maximum Gasteiger partial charge on any atom is 0.103 e. The molecule has 1 heterocycles. The summed E-state index contributed by atoms with van der Waals surface area (Å²) in [7, 11) is 0. The van der Waals surface area contributed by atoms with Gasteiger partial charge in [-0.2, -0.15) is 0 Å². The van der Waals surface area contributed by atoms with E-state index >= 15 is 0 Å². The quantitative estimate of drug-likeness (QED) is 0.758. The van der Waals surface area contributed by atoms with E-state index in [-0.39, 0.29) is 0 Å². The molecule has 0 atom stereocenters. The zero-order chi connectivity index (χ0) is 14.7. The maximum atomic E-state index is 4.83. The van der Waals surface area contributed by atoms with Gasteiger partial charge in [0.1, 0.15) is 5.01 Å². The van der Waals surface area contributed by atoms with E-state index in [0.29, 0.717) is 0 Å². The number of hydrogen-bond acceptors (Lipinski definition) is 4. The maximum absolute atomic E-state index is 4.83. The lowest BCUT2D eigenvalue weighted by Gasteiger charge is -2.02. The predicted molar refractivity (Wildman–Crippen MR) is 92.1 cm³/mol. The topological polar surface area (TPSA) is 24.9 Å². The predicted octanol–water partition coefficient (Wildman–Crippen LogP) is 4.56. The van der Waals surface area contributed by atoms with Crippen LogP contribution in [-0.4, -0.2) is 11.0 Å². The van der Waals surface area contributed by atoms with E-state index in [1.807, 2.05) is 23.1 Å². The van der Waals surface area contributed by atoms with Crippen molar-refractivity contribution in [2.75, 3.05) is 0 Å². The molecule has 0 spiro atoms. The molecule has 1 fully saturated rings. The first kappa shape index (κ1) is 15.1. The Kier molecular flexibility index (Phi) is 4.99. The number of nitrogens with one attached hydrogen (secondary N) is 1. The molecule has 1 aromatic carbocycles. The van der Waals surface area contributed by atoms with Crippen molar-refractivity contribution in [2.45, 2.75) is 56.3 Å².